The standard InChI is InChI=1S/C19H28F2N2O.C5H7N3O2.C2H4/c20-18(21)14-24-19-7-6-16-9-12-23(13-10-17(16)22-19)11-8-15-4-2-1-3-5-15;1-3-7-5(8-10-3)2-4(6)9;1-2/h6-7,15,18H,1-5,8-14H2;2H2,1H3,(H2,6,9);1-2H2. The number of nitrogens with two attached hydrogens (primary N) is 1. The number of amides is 1. The van der Waals surface area contributed by atoms with Crippen LogP contribution in [-0.4, -0.2) is 58.6 Å². The van der Waals surface area contributed by atoms with Crippen molar-refractivity contribution in [3.8, 4) is 5.88 Å². The van der Waals surface area contributed by atoms with Crippen molar-refractivity contribution in [3.63, 3.8) is 0 Å². The number of hydrogen-bond donors (Lipinski definition) is 1. The number of ether oxygens (including phenoxy) is 1. The molecule has 0 radical (unpaired) electrons. The molecule has 1 fully saturated rings. The predicted octanol–water partition coefficient (Wildman–Crippen LogP) is 4.30. The molecule has 8 nitrogen and oxygen atoms in total. The summed E-state index contributed by atoms with van der Waals surface area (Å²) in [4.78, 5) is 21.0. The van der Waals surface area contributed by atoms with Gasteiger partial charge in [-0.15, -0.1) is 13.2 Å². The molecule has 2 aromatic rings. The zero-order valence-electron chi connectivity index (χ0n) is 21.3. The van der Waals surface area contributed by atoms with E-state index in [1.807, 2.05) is 6.07 Å². The van der Waals surface area contributed by atoms with Crippen LogP contribution in [0.5, 0.6) is 5.88 Å². The summed E-state index contributed by atoms with van der Waals surface area (Å²) in [5.41, 5.74) is 7.12. The van der Waals surface area contributed by atoms with Gasteiger partial charge < -0.3 is 19.9 Å². The highest BCUT2D eigenvalue weighted by atomic mass is 19.3. The molecule has 2 aliphatic rings. The van der Waals surface area contributed by atoms with Crippen molar-refractivity contribution >= 4 is 5.91 Å². The number of primary amides is 1. The molecule has 1 amide bonds. The fourth-order valence-electron chi connectivity index (χ4n) is 4.47. The molecule has 0 atom stereocenters. The Morgan fingerprint density at radius 3 is 2.56 bits per heavy atom. The van der Waals surface area contributed by atoms with E-state index < -0.39 is 18.9 Å². The van der Waals surface area contributed by atoms with Crippen molar-refractivity contribution in [1.82, 2.24) is 20.0 Å². The first-order chi connectivity index (χ1) is 17.4. The topological polar surface area (TPSA) is 107 Å². The van der Waals surface area contributed by atoms with Crippen LogP contribution in [0, 0.1) is 12.8 Å². The zero-order chi connectivity index (χ0) is 26.3. The van der Waals surface area contributed by atoms with E-state index in [0.29, 0.717) is 17.6 Å². The molecule has 3 heterocycles. The van der Waals surface area contributed by atoms with E-state index in [9.17, 15) is 13.6 Å². The van der Waals surface area contributed by atoms with Crippen LogP contribution in [0.4, 0.5) is 8.78 Å². The van der Waals surface area contributed by atoms with Crippen LogP contribution in [0.25, 0.3) is 0 Å². The second-order valence-corrected chi connectivity index (χ2v) is 8.96. The highest BCUT2D eigenvalue weighted by Crippen LogP contribution is 2.27. The van der Waals surface area contributed by atoms with Crippen LogP contribution < -0.4 is 10.5 Å². The van der Waals surface area contributed by atoms with E-state index in [2.05, 4.69) is 37.7 Å². The van der Waals surface area contributed by atoms with E-state index in [1.165, 1.54) is 50.6 Å². The molecule has 36 heavy (non-hydrogen) atoms. The highest BCUT2D eigenvalue weighted by molar-refractivity contribution is 5.75. The number of hydrogen-bond acceptors (Lipinski definition) is 7. The maximum Gasteiger partial charge on any atom is 0.272 e. The monoisotopic (exact) mass is 507 g/mol. The highest BCUT2D eigenvalue weighted by Gasteiger charge is 2.19. The molecule has 200 valence electrons. The maximum atomic E-state index is 12.3. The number of aromatic nitrogens is 3. The minimum atomic E-state index is -2.46. The third kappa shape index (κ3) is 10.8. The third-order valence-electron chi connectivity index (χ3n) is 6.24. The van der Waals surface area contributed by atoms with Gasteiger partial charge in [-0.3, -0.25) is 4.79 Å². The van der Waals surface area contributed by atoms with Crippen molar-refractivity contribution in [2.45, 2.75) is 71.1 Å². The van der Waals surface area contributed by atoms with Crippen LogP contribution in [-0.2, 0) is 24.1 Å². The van der Waals surface area contributed by atoms with E-state index >= 15 is 0 Å². The van der Waals surface area contributed by atoms with E-state index in [4.69, 9.17) is 10.5 Å². The molecule has 0 bridgehead atoms. The van der Waals surface area contributed by atoms with Crippen molar-refractivity contribution in [3.05, 3.63) is 48.3 Å². The molecule has 1 saturated carbocycles. The quantitative estimate of drug-likeness (QED) is 0.531. The third-order valence-corrected chi connectivity index (χ3v) is 6.24. The Bertz CT molecular complexity index is 919. The van der Waals surface area contributed by atoms with Gasteiger partial charge in [0.25, 0.3) is 6.43 Å². The minimum absolute atomic E-state index is 0.0390. The molecule has 1 aliphatic carbocycles. The van der Waals surface area contributed by atoms with Gasteiger partial charge in [0.1, 0.15) is 0 Å². The number of carbonyl (C=O) groups excluding carboxylic acids is 1. The zero-order valence-corrected chi connectivity index (χ0v) is 21.3. The Morgan fingerprint density at radius 1 is 1.19 bits per heavy atom. The Morgan fingerprint density at radius 2 is 1.92 bits per heavy atom. The van der Waals surface area contributed by atoms with Crippen molar-refractivity contribution in [1.29, 1.82) is 0 Å². The molecule has 0 aromatic carbocycles. The SMILES string of the molecule is C=C.Cc1nc(CC(N)=O)no1.FC(F)COc1ccc2c(n1)CCN(CCC1CCCCC1)CC2. The molecule has 0 spiro atoms. The number of pyridine rings is 1. The van der Waals surface area contributed by atoms with Crippen LogP contribution in [0.3, 0.4) is 0 Å². The fraction of sp³-hybridized carbons (Fsp3) is 0.615. The van der Waals surface area contributed by atoms with Crippen molar-refractivity contribution < 1.29 is 22.8 Å². The molecule has 0 saturated heterocycles. The Hall–Kier alpha value is -2.88. The summed E-state index contributed by atoms with van der Waals surface area (Å²) in [7, 11) is 0. The van der Waals surface area contributed by atoms with Crippen LogP contribution >= 0.6 is 0 Å². The molecule has 2 N–H and O–H groups in total. The minimum Gasteiger partial charge on any atom is -0.472 e. The largest absolute Gasteiger partial charge is 0.472 e. The lowest BCUT2D eigenvalue weighted by molar-refractivity contribution is -0.117. The summed E-state index contributed by atoms with van der Waals surface area (Å²) < 4.78 is 34.2. The molecule has 0 unspecified atom stereocenters. The lowest BCUT2D eigenvalue weighted by Crippen LogP contribution is -2.29. The fourth-order valence-corrected chi connectivity index (χ4v) is 4.47. The first kappa shape index (κ1) is 29.4. The van der Waals surface area contributed by atoms with Gasteiger partial charge in [0.2, 0.25) is 17.7 Å². The number of carbonyl (C=O) groups is 1. The summed E-state index contributed by atoms with van der Waals surface area (Å²) in [6.45, 7) is 10.3. The summed E-state index contributed by atoms with van der Waals surface area (Å²) >= 11 is 0. The van der Waals surface area contributed by atoms with Gasteiger partial charge >= 0.3 is 0 Å². The van der Waals surface area contributed by atoms with E-state index in [-0.39, 0.29) is 6.42 Å². The summed E-state index contributed by atoms with van der Waals surface area (Å²) in [5.74, 6) is 1.56. The Kier molecular flexibility index (Phi) is 13.0. The lowest BCUT2D eigenvalue weighted by Gasteiger charge is -2.26. The molecular formula is C26H39F2N5O3. The van der Waals surface area contributed by atoms with Crippen molar-refractivity contribution in [2.75, 3.05) is 26.2 Å². The lowest BCUT2D eigenvalue weighted by atomic mass is 9.87. The van der Waals surface area contributed by atoms with Gasteiger partial charge in [-0.1, -0.05) is 43.3 Å². The summed E-state index contributed by atoms with van der Waals surface area (Å²) in [6.07, 6.45) is 7.79. The number of fused-ring (bicyclic) bond motifs is 1. The van der Waals surface area contributed by atoms with Crippen molar-refractivity contribution in [2.24, 2.45) is 11.7 Å². The number of halogens is 2. The Balaban J connectivity index is 0.000000318. The van der Waals surface area contributed by atoms with Gasteiger partial charge in [0.05, 0.1) is 6.42 Å². The number of rotatable bonds is 8. The van der Waals surface area contributed by atoms with Gasteiger partial charge in [0, 0.05) is 38.2 Å². The summed E-state index contributed by atoms with van der Waals surface area (Å²) in [6, 6.07) is 3.71. The Labute approximate surface area is 212 Å². The molecule has 4 rings (SSSR count). The average Bonchev–Trinajstić information content (AvgIpc) is 3.17. The normalized spacial score (nSPS) is 16.1. The van der Waals surface area contributed by atoms with E-state index in [1.54, 1.807) is 13.0 Å². The first-order valence-electron chi connectivity index (χ1n) is 12.6. The predicted molar refractivity (Wildman–Crippen MR) is 134 cm³/mol. The van der Waals surface area contributed by atoms with Gasteiger partial charge in [0.15, 0.2) is 12.4 Å². The number of aryl methyl sites for hydroxylation is 1. The second-order valence-electron chi connectivity index (χ2n) is 8.96. The van der Waals surface area contributed by atoms with Crippen LogP contribution in [0.15, 0.2) is 29.8 Å². The van der Waals surface area contributed by atoms with Crippen LogP contribution in [0.1, 0.15) is 61.5 Å². The van der Waals surface area contributed by atoms with Crippen LogP contribution in [0.2, 0.25) is 0 Å². The average molecular weight is 508 g/mol. The molecule has 10 heteroatoms. The number of nitrogens with zero attached hydrogens (tertiary/aromatic N) is 4. The molecular weight excluding hydrogens is 468 g/mol. The maximum absolute atomic E-state index is 12.3. The van der Waals surface area contributed by atoms with E-state index in [0.717, 1.165) is 37.5 Å². The van der Waals surface area contributed by atoms with Gasteiger partial charge in [-0.2, -0.15) is 4.98 Å². The first-order valence-corrected chi connectivity index (χ1v) is 12.6. The molecule has 2 aromatic heterocycles. The van der Waals surface area contributed by atoms with Gasteiger partial charge in [-0.25, -0.2) is 13.8 Å². The smallest absolute Gasteiger partial charge is 0.272 e. The van der Waals surface area contributed by atoms with Gasteiger partial charge in [-0.05, 0) is 30.9 Å². The number of alkyl halides is 2. The summed E-state index contributed by atoms with van der Waals surface area (Å²) in [5, 5.41) is 3.47. The molecule has 1 aliphatic heterocycles. The second kappa shape index (κ2) is 16.0.